The molecule has 0 saturated heterocycles. The molecule has 1 saturated carbocycles. The first-order chi connectivity index (χ1) is 5.86. The van der Waals surface area contributed by atoms with E-state index in [-0.39, 0.29) is 5.91 Å². The maximum absolute atomic E-state index is 11.3. The second-order valence-corrected chi connectivity index (χ2v) is 3.83. The minimum atomic E-state index is -0.0188. The third-order valence-electron chi connectivity index (χ3n) is 2.07. The summed E-state index contributed by atoms with van der Waals surface area (Å²) in [6.45, 7) is 0. The first kappa shape index (κ1) is 7.73. The fourth-order valence-electron chi connectivity index (χ4n) is 1.14. The van der Waals surface area contributed by atoms with Crippen LogP contribution in [0, 0.1) is 0 Å². The molecule has 0 atom stereocenters. The standard InChI is InChI=1S/C8H10N2OS/c11-7(8-9-4-5-12-8)10-6-2-1-3-6/h4-6H,1-3H2,(H,10,11). The van der Waals surface area contributed by atoms with E-state index in [0.29, 0.717) is 11.0 Å². The zero-order valence-electron chi connectivity index (χ0n) is 6.62. The summed E-state index contributed by atoms with van der Waals surface area (Å²) in [7, 11) is 0. The average Bonchev–Trinajstić information content (AvgIpc) is 2.47. The minimum absolute atomic E-state index is 0.0188. The molecule has 4 heteroatoms. The van der Waals surface area contributed by atoms with Gasteiger partial charge in [-0.05, 0) is 19.3 Å². The summed E-state index contributed by atoms with van der Waals surface area (Å²) in [5.41, 5.74) is 0. The highest BCUT2D eigenvalue weighted by atomic mass is 32.1. The van der Waals surface area contributed by atoms with Gasteiger partial charge in [-0.3, -0.25) is 4.79 Å². The Kier molecular flexibility index (Phi) is 2.08. The summed E-state index contributed by atoms with van der Waals surface area (Å²) in [4.78, 5) is 15.3. The number of nitrogens with one attached hydrogen (secondary N) is 1. The highest BCUT2D eigenvalue weighted by Gasteiger charge is 2.20. The molecular formula is C8H10N2OS. The maximum atomic E-state index is 11.3. The molecule has 0 aliphatic heterocycles. The number of hydrogen-bond acceptors (Lipinski definition) is 3. The average molecular weight is 182 g/mol. The van der Waals surface area contributed by atoms with Crippen molar-refractivity contribution in [1.29, 1.82) is 0 Å². The Labute approximate surface area is 74.8 Å². The van der Waals surface area contributed by atoms with E-state index in [1.54, 1.807) is 6.20 Å². The third-order valence-corrected chi connectivity index (χ3v) is 2.84. The largest absolute Gasteiger partial charge is 0.347 e. The summed E-state index contributed by atoms with van der Waals surface area (Å²) in [5, 5.41) is 5.31. The van der Waals surface area contributed by atoms with E-state index >= 15 is 0 Å². The van der Waals surface area contributed by atoms with Crippen molar-refractivity contribution in [3.8, 4) is 0 Å². The molecule has 2 rings (SSSR count). The Morgan fingerprint density at radius 3 is 3.00 bits per heavy atom. The molecule has 12 heavy (non-hydrogen) atoms. The van der Waals surface area contributed by atoms with E-state index in [1.807, 2.05) is 5.38 Å². The Hall–Kier alpha value is -0.900. The van der Waals surface area contributed by atoms with Crippen molar-refractivity contribution < 1.29 is 4.79 Å². The lowest BCUT2D eigenvalue weighted by Gasteiger charge is -2.25. The number of carbonyl (C=O) groups is 1. The maximum Gasteiger partial charge on any atom is 0.280 e. The van der Waals surface area contributed by atoms with Crippen LogP contribution < -0.4 is 5.32 Å². The second kappa shape index (κ2) is 3.23. The van der Waals surface area contributed by atoms with Gasteiger partial charge in [0.2, 0.25) is 0 Å². The van der Waals surface area contributed by atoms with Crippen LogP contribution in [0.3, 0.4) is 0 Å². The highest BCUT2D eigenvalue weighted by molar-refractivity contribution is 7.11. The number of aromatic nitrogens is 1. The van der Waals surface area contributed by atoms with Crippen molar-refractivity contribution in [1.82, 2.24) is 10.3 Å². The van der Waals surface area contributed by atoms with Crippen LogP contribution in [0.4, 0.5) is 0 Å². The van der Waals surface area contributed by atoms with Crippen LogP contribution in [0.15, 0.2) is 11.6 Å². The smallest absolute Gasteiger partial charge is 0.280 e. The van der Waals surface area contributed by atoms with E-state index in [4.69, 9.17) is 0 Å². The van der Waals surface area contributed by atoms with Gasteiger partial charge in [0.25, 0.3) is 5.91 Å². The van der Waals surface area contributed by atoms with Gasteiger partial charge >= 0.3 is 0 Å². The Morgan fingerprint density at radius 2 is 2.50 bits per heavy atom. The number of amides is 1. The quantitative estimate of drug-likeness (QED) is 0.751. The van der Waals surface area contributed by atoms with Crippen molar-refractivity contribution >= 4 is 17.2 Å². The van der Waals surface area contributed by atoms with Gasteiger partial charge in [0, 0.05) is 17.6 Å². The molecule has 1 heterocycles. The predicted octanol–water partition coefficient (Wildman–Crippen LogP) is 1.43. The van der Waals surface area contributed by atoms with Gasteiger partial charge in [-0.1, -0.05) is 0 Å². The van der Waals surface area contributed by atoms with E-state index in [1.165, 1.54) is 17.8 Å². The highest BCUT2D eigenvalue weighted by Crippen LogP contribution is 2.18. The predicted molar refractivity (Wildman–Crippen MR) is 47.2 cm³/mol. The summed E-state index contributed by atoms with van der Waals surface area (Å²) in [6, 6.07) is 0.404. The molecule has 0 spiro atoms. The Bertz CT molecular complexity index is 267. The first-order valence-corrected chi connectivity index (χ1v) is 4.94. The molecule has 0 aromatic carbocycles. The summed E-state index contributed by atoms with van der Waals surface area (Å²) < 4.78 is 0. The van der Waals surface area contributed by atoms with Crippen molar-refractivity contribution in [2.75, 3.05) is 0 Å². The van der Waals surface area contributed by atoms with Gasteiger partial charge in [-0.2, -0.15) is 0 Å². The lowest BCUT2D eigenvalue weighted by Crippen LogP contribution is -2.39. The molecule has 0 unspecified atom stereocenters. The summed E-state index contributed by atoms with van der Waals surface area (Å²) in [5.74, 6) is -0.0188. The number of nitrogens with zero attached hydrogens (tertiary/aromatic N) is 1. The zero-order valence-corrected chi connectivity index (χ0v) is 7.43. The number of rotatable bonds is 2. The van der Waals surface area contributed by atoms with Crippen molar-refractivity contribution in [2.24, 2.45) is 0 Å². The fraction of sp³-hybridized carbons (Fsp3) is 0.500. The molecule has 1 fully saturated rings. The SMILES string of the molecule is O=C(NC1CCC1)c1nccs1. The first-order valence-electron chi connectivity index (χ1n) is 4.06. The van der Waals surface area contributed by atoms with Gasteiger partial charge in [-0.25, -0.2) is 4.98 Å². The minimum Gasteiger partial charge on any atom is -0.347 e. The van der Waals surface area contributed by atoms with Crippen molar-refractivity contribution in [2.45, 2.75) is 25.3 Å². The molecule has 0 bridgehead atoms. The Morgan fingerprint density at radius 1 is 1.67 bits per heavy atom. The zero-order chi connectivity index (χ0) is 8.39. The molecule has 1 aromatic heterocycles. The van der Waals surface area contributed by atoms with Crippen LogP contribution in [0.5, 0.6) is 0 Å². The number of carbonyl (C=O) groups excluding carboxylic acids is 1. The molecule has 1 N–H and O–H groups in total. The molecule has 1 aliphatic carbocycles. The van der Waals surface area contributed by atoms with Gasteiger partial charge in [0.15, 0.2) is 5.01 Å². The van der Waals surface area contributed by atoms with Crippen LogP contribution in [0.25, 0.3) is 0 Å². The summed E-state index contributed by atoms with van der Waals surface area (Å²) >= 11 is 1.38. The molecule has 1 aromatic rings. The number of hydrogen-bond donors (Lipinski definition) is 1. The van der Waals surface area contributed by atoms with Gasteiger partial charge in [0.1, 0.15) is 0 Å². The van der Waals surface area contributed by atoms with Gasteiger partial charge in [-0.15, -0.1) is 11.3 Å². The van der Waals surface area contributed by atoms with E-state index in [9.17, 15) is 4.79 Å². The van der Waals surface area contributed by atoms with Crippen molar-refractivity contribution in [3.63, 3.8) is 0 Å². The lowest BCUT2D eigenvalue weighted by molar-refractivity contribution is 0.0916. The molecule has 1 aliphatic rings. The van der Waals surface area contributed by atoms with Crippen LogP contribution in [-0.2, 0) is 0 Å². The second-order valence-electron chi connectivity index (χ2n) is 2.94. The van der Waals surface area contributed by atoms with E-state index in [2.05, 4.69) is 10.3 Å². The lowest BCUT2D eigenvalue weighted by atomic mass is 9.93. The molecule has 0 radical (unpaired) electrons. The monoisotopic (exact) mass is 182 g/mol. The molecular weight excluding hydrogens is 172 g/mol. The topological polar surface area (TPSA) is 42.0 Å². The van der Waals surface area contributed by atoms with Crippen LogP contribution in [0.1, 0.15) is 29.1 Å². The molecule has 3 nitrogen and oxygen atoms in total. The van der Waals surface area contributed by atoms with Crippen LogP contribution in [-0.4, -0.2) is 16.9 Å². The van der Waals surface area contributed by atoms with Crippen LogP contribution >= 0.6 is 11.3 Å². The van der Waals surface area contributed by atoms with E-state index in [0.717, 1.165) is 12.8 Å². The van der Waals surface area contributed by atoms with Crippen molar-refractivity contribution in [3.05, 3.63) is 16.6 Å². The summed E-state index contributed by atoms with van der Waals surface area (Å²) in [6.07, 6.45) is 5.14. The third kappa shape index (κ3) is 1.48. The number of thiazole rings is 1. The van der Waals surface area contributed by atoms with E-state index < -0.39 is 0 Å². The van der Waals surface area contributed by atoms with Gasteiger partial charge < -0.3 is 5.32 Å². The molecule has 64 valence electrons. The van der Waals surface area contributed by atoms with Gasteiger partial charge in [0.05, 0.1) is 0 Å². The normalized spacial score (nSPS) is 17.0. The van der Waals surface area contributed by atoms with Crippen LogP contribution in [0.2, 0.25) is 0 Å². The molecule has 1 amide bonds. The Balaban J connectivity index is 1.92. The fourth-order valence-corrected chi connectivity index (χ4v) is 1.67.